The maximum Gasteiger partial charge on any atom is 0.124 e. The maximum atomic E-state index is 5.59. The second-order valence-electron chi connectivity index (χ2n) is 5.67. The van der Waals surface area contributed by atoms with Crippen molar-refractivity contribution < 1.29 is 4.74 Å². The van der Waals surface area contributed by atoms with Gasteiger partial charge in [0.1, 0.15) is 5.75 Å². The van der Waals surface area contributed by atoms with Gasteiger partial charge in [-0.1, -0.05) is 42.5 Å². The molecular formula is C20H18N2OS. The molecule has 0 fully saturated rings. The van der Waals surface area contributed by atoms with Crippen molar-refractivity contribution in [3.8, 4) is 5.75 Å². The largest absolute Gasteiger partial charge is 0.496 e. The third kappa shape index (κ3) is 2.69. The molecule has 0 radical (unpaired) electrons. The Morgan fingerprint density at radius 2 is 1.79 bits per heavy atom. The molecule has 24 heavy (non-hydrogen) atoms. The molecule has 0 saturated carbocycles. The van der Waals surface area contributed by atoms with Crippen LogP contribution < -0.4 is 9.75 Å². The first-order valence-electron chi connectivity index (χ1n) is 7.95. The number of hydrogen-bond acceptors (Lipinski definition) is 4. The van der Waals surface area contributed by atoms with E-state index in [0.717, 1.165) is 23.6 Å². The topological polar surface area (TPSA) is 24.8 Å². The Balaban J connectivity index is 1.78. The summed E-state index contributed by atoms with van der Waals surface area (Å²) in [6, 6.07) is 22.9. The van der Waals surface area contributed by atoms with Crippen LogP contribution in [0.3, 0.4) is 0 Å². The molecule has 0 N–H and O–H groups in total. The minimum atomic E-state index is 0.139. The number of hydrazone groups is 1. The molecule has 2 aromatic carbocycles. The third-order valence-corrected chi connectivity index (χ3v) is 5.15. The van der Waals surface area contributed by atoms with Crippen LogP contribution in [-0.2, 0) is 0 Å². The summed E-state index contributed by atoms with van der Waals surface area (Å²) in [5.74, 6) is 0.908. The second kappa shape index (κ2) is 6.49. The highest BCUT2D eigenvalue weighted by Gasteiger charge is 2.31. The summed E-state index contributed by atoms with van der Waals surface area (Å²) in [6.07, 6.45) is 0.871. The average molecular weight is 334 g/mol. The SMILES string of the molecule is COc1ccccc1C1CC(c2cccs2)=NN1c1ccccc1. The number of ether oxygens (including phenoxy) is 1. The summed E-state index contributed by atoms with van der Waals surface area (Å²) in [4.78, 5) is 1.23. The number of methoxy groups -OCH3 is 1. The number of hydrogen-bond donors (Lipinski definition) is 0. The van der Waals surface area contributed by atoms with Gasteiger partial charge in [0.2, 0.25) is 0 Å². The van der Waals surface area contributed by atoms with Crippen molar-refractivity contribution in [3.63, 3.8) is 0 Å². The van der Waals surface area contributed by atoms with Crippen molar-refractivity contribution in [1.82, 2.24) is 0 Å². The summed E-state index contributed by atoms with van der Waals surface area (Å²) in [5, 5.41) is 9.16. The molecule has 4 heteroatoms. The summed E-state index contributed by atoms with van der Waals surface area (Å²) >= 11 is 1.74. The van der Waals surface area contributed by atoms with E-state index in [-0.39, 0.29) is 6.04 Å². The van der Waals surface area contributed by atoms with Crippen molar-refractivity contribution in [1.29, 1.82) is 0 Å². The highest BCUT2D eigenvalue weighted by molar-refractivity contribution is 7.12. The predicted octanol–water partition coefficient (Wildman–Crippen LogP) is 5.11. The molecule has 0 amide bonds. The van der Waals surface area contributed by atoms with Crippen molar-refractivity contribution in [2.45, 2.75) is 12.5 Å². The first-order valence-corrected chi connectivity index (χ1v) is 8.83. The molecule has 3 aromatic rings. The Morgan fingerprint density at radius 1 is 1.00 bits per heavy atom. The maximum absolute atomic E-state index is 5.59. The van der Waals surface area contributed by atoms with E-state index in [4.69, 9.17) is 9.84 Å². The third-order valence-electron chi connectivity index (χ3n) is 4.23. The van der Waals surface area contributed by atoms with Gasteiger partial charge in [-0.25, -0.2) is 0 Å². The van der Waals surface area contributed by atoms with E-state index in [1.54, 1.807) is 18.4 Å². The molecule has 120 valence electrons. The van der Waals surface area contributed by atoms with Crippen molar-refractivity contribution in [2.24, 2.45) is 5.10 Å². The van der Waals surface area contributed by atoms with Crippen molar-refractivity contribution in [2.75, 3.05) is 12.1 Å². The lowest BCUT2D eigenvalue weighted by Gasteiger charge is -2.25. The van der Waals surface area contributed by atoms with Crippen LogP contribution in [0, 0.1) is 0 Å². The summed E-state index contributed by atoms with van der Waals surface area (Å²) in [7, 11) is 1.72. The summed E-state index contributed by atoms with van der Waals surface area (Å²) < 4.78 is 5.59. The Kier molecular flexibility index (Phi) is 4.05. The van der Waals surface area contributed by atoms with Crippen molar-refractivity contribution >= 4 is 22.7 Å². The monoisotopic (exact) mass is 334 g/mol. The fraction of sp³-hybridized carbons (Fsp3) is 0.150. The first-order chi connectivity index (χ1) is 11.9. The van der Waals surface area contributed by atoms with Crippen molar-refractivity contribution in [3.05, 3.63) is 82.6 Å². The number of rotatable bonds is 4. The zero-order valence-electron chi connectivity index (χ0n) is 13.4. The van der Waals surface area contributed by atoms with Crippen LogP contribution in [0.25, 0.3) is 0 Å². The van der Waals surface area contributed by atoms with E-state index >= 15 is 0 Å². The molecule has 1 aromatic heterocycles. The van der Waals surface area contributed by atoms with E-state index in [1.165, 1.54) is 10.4 Å². The Morgan fingerprint density at radius 3 is 2.54 bits per heavy atom. The van der Waals surface area contributed by atoms with E-state index in [0.29, 0.717) is 0 Å². The number of para-hydroxylation sites is 2. The second-order valence-corrected chi connectivity index (χ2v) is 6.61. The Hall–Kier alpha value is -2.59. The molecule has 1 aliphatic heterocycles. The fourth-order valence-corrected chi connectivity index (χ4v) is 3.83. The van der Waals surface area contributed by atoms with Crippen LogP contribution in [0.15, 0.2) is 77.2 Å². The van der Waals surface area contributed by atoms with Crippen LogP contribution >= 0.6 is 11.3 Å². The number of benzene rings is 2. The summed E-state index contributed by atoms with van der Waals surface area (Å²) in [5.41, 5.74) is 3.39. The van der Waals surface area contributed by atoms with Crippen LogP contribution in [0.1, 0.15) is 22.9 Å². The minimum absolute atomic E-state index is 0.139. The summed E-state index contributed by atoms with van der Waals surface area (Å²) in [6.45, 7) is 0. The van der Waals surface area contributed by atoms with Gasteiger partial charge in [-0.15, -0.1) is 11.3 Å². The van der Waals surface area contributed by atoms with Gasteiger partial charge in [0, 0.05) is 12.0 Å². The Labute approximate surface area is 145 Å². The van der Waals surface area contributed by atoms with Gasteiger partial charge in [-0.05, 0) is 29.6 Å². The van der Waals surface area contributed by atoms with Crippen LogP contribution in [0.2, 0.25) is 0 Å². The van der Waals surface area contributed by atoms with Gasteiger partial charge in [0.25, 0.3) is 0 Å². The van der Waals surface area contributed by atoms with E-state index in [2.05, 4.69) is 46.8 Å². The molecule has 0 aliphatic carbocycles. The Bertz CT molecular complexity index is 843. The standard InChI is InChI=1S/C20H18N2OS/c1-23-19-11-6-5-10-16(19)18-14-17(20-12-7-13-24-20)21-22(18)15-8-3-2-4-9-15/h2-13,18H,14H2,1H3. The van der Waals surface area contributed by atoms with Crippen LogP contribution in [0.5, 0.6) is 5.75 Å². The average Bonchev–Trinajstić information content (AvgIpc) is 3.32. The molecule has 2 heterocycles. The quantitative estimate of drug-likeness (QED) is 0.662. The zero-order valence-corrected chi connectivity index (χ0v) is 14.2. The van der Waals surface area contributed by atoms with Gasteiger partial charge in [0.05, 0.1) is 29.4 Å². The zero-order chi connectivity index (χ0) is 16.4. The van der Waals surface area contributed by atoms with E-state index < -0.39 is 0 Å². The molecule has 1 aliphatic rings. The molecule has 4 rings (SSSR count). The van der Waals surface area contributed by atoms with Gasteiger partial charge >= 0.3 is 0 Å². The molecule has 0 spiro atoms. The lowest BCUT2D eigenvalue weighted by Crippen LogP contribution is -2.19. The molecule has 0 bridgehead atoms. The lowest BCUT2D eigenvalue weighted by atomic mass is 10.00. The molecule has 1 unspecified atom stereocenters. The lowest BCUT2D eigenvalue weighted by molar-refractivity contribution is 0.405. The van der Waals surface area contributed by atoms with E-state index in [9.17, 15) is 0 Å². The highest BCUT2D eigenvalue weighted by atomic mass is 32.1. The number of nitrogens with zero attached hydrogens (tertiary/aromatic N) is 2. The minimum Gasteiger partial charge on any atom is -0.496 e. The van der Waals surface area contributed by atoms with E-state index in [1.807, 2.05) is 30.3 Å². The van der Waals surface area contributed by atoms with Crippen LogP contribution in [0.4, 0.5) is 5.69 Å². The van der Waals surface area contributed by atoms with Gasteiger partial charge in [-0.3, -0.25) is 5.01 Å². The number of thiophene rings is 1. The molecule has 3 nitrogen and oxygen atoms in total. The van der Waals surface area contributed by atoms with Crippen LogP contribution in [-0.4, -0.2) is 12.8 Å². The molecule has 0 saturated heterocycles. The van der Waals surface area contributed by atoms with Gasteiger partial charge in [0.15, 0.2) is 0 Å². The smallest absolute Gasteiger partial charge is 0.124 e. The normalized spacial score (nSPS) is 17.0. The first kappa shape index (κ1) is 15.0. The molecular weight excluding hydrogens is 316 g/mol. The predicted molar refractivity (Wildman–Crippen MR) is 100 cm³/mol. The highest BCUT2D eigenvalue weighted by Crippen LogP contribution is 2.40. The number of anilines is 1. The van der Waals surface area contributed by atoms with Gasteiger partial charge < -0.3 is 4.74 Å². The fourth-order valence-electron chi connectivity index (χ4n) is 3.10. The van der Waals surface area contributed by atoms with Gasteiger partial charge in [-0.2, -0.15) is 5.10 Å². The molecule has 1 atom stereocenters.